The van der Waals surface area contributed by atoms with Gasteiger partial charge in [0, 0.05) is 12.7 Å². The molecule has 4 nitrogen and oxygen atoms in total. The summed E-state index contributed by atoms with van der Waals surface area (Å²) in [6.07, 6.45) is 4.48. The van der Waals surface area contributed by atoms with Gasteiger partial charge in [-0.15, -0.1) is 0 Å². The lowest BCUT2D eigenvalue weighted by Gasteiger charge is -2.14. The molecule has 0 N–H and O–H groups in total. The third-order valence-corrected chi connectivity index (χ3v) is 3.46. The molecule has 0 saturated carbocycles. The van der Waals surface area contributed by atoms with Crippen LogP contribution in [0.2, 0.25) is 0 Å². The molecule has 0 bridgehead atoms. The van der Waals surface area contributed by atoms with Gasteiger partial charge in [-0.05, 0) is 29.9 Å². The summed E-state index contributed by atoms with van der Waals surface area (Å²) in [4.78, 5) is 32.8. The number of ether oxygens (including phenoxy) is 1. The quantitative estimate of drug-likeness (QED) is 0.634. The Kier molecular flexibility index (Phi) is 6.75. The summed E-state index contributed by atoms with van der Waals surface area (Å²) >= 11 is 0. The number of benzene rings is 2. The standard InChI is InChI=1S/C15H14O2.C6H4O2/c1-17-15(13-10-6-3-7-11-13)14(16)12-8-4-2-5-9-12;7-5-1-2-6(8)4-3-5/h2-11,15H,1H3;1-4H. The van der Waals surface area contributed by atoms with Gasteiger partial charge in [0.25, 0.3) is 0 Å². The van der Waals surface area contributed by atoms with Crippen molar-refractivity contribution in [1.82, 2.24) is 0 Å². The monoisotopic (exact) mass is 334 g/mol. The van der Waals surface area contributed by atoms with E-state index in [1.807, 2.05) is 48.5 Å². The minimum absolute atomic E-state index is 0.0145. The van der Waals surface area contributed by atoms with Gasteiger partial charge in [-0.3, -0.25) is 14.4 Å². The van der Waals surface area contributed by atoms with E-state index in [-0.39, 0.29) is 17.3 Å². The molecule has 0 aromatic heterocycles. The molecule has 0 radical (unpaired) electrons. The van der Waals surface area contributed by atoms with Crippen molar-refractivity contribution in [2.45, 2.75) is 6.10 Å². The zero-order valence-corrected chi connectivity index (χ0v) is 13.8. The first kappa shape index (κ1) is 18.2. The van der Waals surface area contributed by atoms with Gasteiger partial charge in [0.1, 0.15) is 6.10 Å². The average Bonchev–Trinajstić information content (AvgIpc) is 2.67. The smallest absolute Gasteiger partial charge is 0.196 e. The van der Waals surface area contributed by atoms with Gasteiger partial charge in [0.2, 0.25) is 0 Å². The molecule has 0 aliphatic heterocycles. The predicted molar refractivity (Wildman–Crippen MR) is 95.3 cm³/mol. The zero-order valence-electron chi connectivity index (χ0n) is 13.8. The molecule has 0 spiro atoms. The van der Waals surface area contributed by atoms with Crippen LogP contribution in [-0.4, -0.2) is 24.5 Å². The lowest BCUT2D eigenvalue weighted by atomic mass is 10.00. The first-order valence-corrected chi connectivity index (χ1v) is 7.73. The van der Waals surface area contributed by atoms with Gasteiger partial charge in [0.05, 0.1) is 0 Å². The largest absolute Gasteiger partial charge is 0.369 e. The van der Waals surface area contributed by atoms with Gasteiger partial charge >= 0.3 is 0 Å². The molecule has 2 aromatic rings. The van der Waals surface area contributed by atoms with Gasteiger partial charge in [-0.2, -0.15) is 0 Å². The van der Waals surface area contributed by atoms with E-state index < -0.39 is 6.10 Å². The molecule has 1 aliphatic rings. The van der Waals surface area contributed by atoms with Crippen molar-refractivity contribution in [3.8, 4) is 0 Å². The van der Waals surface area contributed by atoms with E-state index in [1.165, 1.54) is 24.3 Å². The average molecular weight is 334 g/mol. The third kappa shape index (κ3) is 5.48. The van der Waals surface area contributed by atoms with Crippen LogP contribution in [0, 0.1) is 0 Å². The van der Waals surface area contributed by atoms with E-state index in [9.17, 15) is 14.4 Å². The molecule has 0 amide bonds. The minimum atomic E-state index is -0.529. The van der Waals surface area contributed by atoms with Crippen LogP contribution in [0.5, 0.6) is 0 Å². The fraction of sp³-hybridized carbons (Fsp3) is 0.0952. The first-order valence-electron chi connectivity index (χ1n) is 7.73. The number of hydrogen-bond donors (Lipinski definition) is 0. The molecule has 2 aromatic carbocycles. The molecule has 4 heteroatoms. The van der Waals surface area contributed by atoms with Crippen LogP contribution in [0.4, 0.5) is 0 Å². The molecule has 0 fully saturated rings. The van der Waals surface area contributed by atoms with Gasteiger partial charge < -0.3 is 4.74 Å². The van der Waals surface area contributed by atoms with Gasteiger partial charge in [0.15, 0.2) is 17.3 Å². The first-order chi connectivity index (χ1) is 12.1. The number of rotatable bonds is 4. The molecular weight excluding hydrogens is 316 g/mol. The van der Waals surface area contributed by atoms with Crippen LogP contribution >= 0.6 is 0 Å². The Bertz CT molecular complexity index is 751. The summed E-state index contributed by atoms with van der Waals surface area (Å²) in [5.74, 6) is -0.256. The number of ketones is 3. The fourth-order valence-electron chi connectivity index (χ4n) is 2.22. The van der Waals surface area contributed by atoms with Crippen LogP contribution in [-0.2, 0) is 14.3 Å². The van der Waals surface area contributed by atoms with Crippen LogP contribution in [0.3, 0.4) is 0 Å². The van der Waals surface area contributed by atoms with E-state index in [4.69, 9.17) is 4.74 Å². The maximum Gasteiger partial charge on any atom is 0.196 e. The van der Waals surface area contributed by atoms with Crippen molar-refractivity contribution < 1.29 is 19.1 Å². The van der Waals surface area contributed by atoms with Crippen LogP contribution in [0.1, 0.15) is 22.0 Å². The highest BCUT2D eigenvalue weighted by molar-refractivity contribution is 6.14. The minimum Gasteiger partial charge on any atom is -0.369 e. The Hall–Kier alpha value is -3.11. The highest BCUT2D eigenvalue weighted by Gasteiger charge is 2.20. The number of Topliss-reactive ketones (excluding diaryl/α,β-unsaturated/α-hetero) is 1. The molecule has 0 heterocycles. The Labute approximate surface area is 146 Å². The van der Waals surface area contributed by atoms with Crippen LogP contribution in [0.15, 0.2) is 85.0 Å². The second-order valence-electron chi connectivity index (χ2n) is 5.23. The summed E-state index contributed by atoms with van der Waals surface area (Å²) in [6, 6.07) is 18.7. The summed E-state index contributed by atoms with van der Waals surface area (Å²) in [5, 5.41) is 0. The summed E-state index contributed by atoms with van der Waals surface area (Å²) in [6.45, 7) is 0. The van der Waals surface area contributed by atoms with Crippen molar-refractivity contribution in [2.24, 2.45) is 0 Å². The SMILES string of the molecule is COC(C(=O)c1ccccc1)c1ccccc1.O=C1C=CC(=O)C=C1. The van der Waals surface area contributed by atoms with E-state index in [0.29, 0.717) is 5.56 Å². The molecule has 1 aliphatic carbocycles. The molecular formula is C21H18O4. The number of allylic oxidation sites excluding steroid dienone is 4. The molecule has 126 valence electrons. The van der Waals surface area contributed by atoms with Crippen LogP contribution < -0.4 is 0 Å². The van der Waals surface area contributed by atoms with Crippen molar-refractivity contribution in [2.75, 3.05) is 7.11 Å². The normalized spacial score (nSPS) is 13.8. The third-order valence-electron chi connectivity index (χ3n) is 3.46. The van der Waals surface area contributed by atoms with Crippen molar-refractivity contribution in [1.29, 1.82) is 0 Å². The van der Waals surface area contributed by atoms with Crippen molar-refractivity contribution in [3.63, 3.8) is 0 Å². The van der Waals surface area contributed by atoms with E-state index in [0.717, 1.165) is 5.56 Å². The summed E-state index contributed by atoms with van der Waals surface area (Å²) in [5.41, 5.74) is 1.55. The van der Waals surface area contributed by atoms with Gasteiger partial charge in [-0.25, -0.2) is 0 Å². The Morgan fingerprint density at radius 3 is 1.64 bits per heavy atom. The van der Waals surface area contributed by atoms with Crippen LogP contribution in [0.25, 0.3) is 0 Å². The second kappa shape index (κ2) is 9.25. The highest BCUT2D eigenvalue weighted by atomic mass is 16.5. The van der Waals surface area contributed by atoms with E-state index in [2.05, 4.69) is 0 Å². The molecule has 1 unspecified atom stereocenters. The predicted octanol–water partition coefficient (Wildman–Crippen LogP) is 3.51. The maximum absolute atomic E-state index is 12.3. The fourth-order valence-corrected chi connectivity index (χ4v) is 2.22. The van der Waals surface area contributed by atoms with Gasteiger partial charge in [-0.1, -0.05) is 60.7 Å². The number of hydrogen-bond acceptors (Lipinski definition) is 4. The molecule has 1 atom stereocenters. The number of methoxy groups -OCH3 is 1. The lowest BCUT2D eigenvalue weighted by Crippen LogP contribution is -2.14. The lowest BCUT2D eigenvalue weighted by molar-refractivity contribution is -0.113. The zero-order chi connectivity index (χ0) is 18.1. The summed E-state index contributed by atoms with van der Waals surface area (Å²) in [7, 11) is 1.55. The topological polar surface area (TPSA) is 60.4 Å². The summed E-state index contributed by atoms with van der Waals surface area (Å²) < 4.78 is 5.30. The Morgan fingerprint density at radius 1 is 0.760 bits per heavy atom. The van der Waals surface area contributed by atoms with Crippen molar-refractivity contribution in [3.05, 3.63) is 96.1 Å². The Morgan fingerprint density at radius 2 is 1.20 bits per heavy atom. The van der Waals surface area contributed by atoms with Crippen molar-refractivity contribution >= 4 is 17.3 Å². The molecule has 25 heavy (non-hydrogen) atoms. The highest BCUT2D eigenvalue weighted by Crippen LogP contribution is 2.21. The number of carbonyl (C=O) groups is 3. The maximum atomic E-state index is 12.3. The van der Waals surface area contributed by atoms with E-state index in [1.54, 1.807) is 19.2 Å². The Balaban J connectivity index is 0.000000236. The molecule has 0 saturated heterocycles. The molecule has 3 rings (SSSR count). The number of carbonyl (C=O) groups excluding carboxylic acids is 3. The van der Waals surface area contributed by atoms with E-state index >= 15 is 0 Å². The second-order valence-corrected chi connectivity index (χ2v) is 5.23.